The summed E-state index contributed by atoms with van der Waals surface area (Å²) in [5.74, 6) is -0.286. The largest absolute Gasteiger partial charge is 0.420 e. The lowest BCUT2D eigenvalue weighted by Gasteiger charge is -2.06. The maximum Gasteiger partial charge on any atom is 0.420 e. The maximum atomic E-state index is 11.7. The molecule has 1 heterocycles. The highest BCUT2D eigenvalue weighted by Crippen LogP contribution is 2.19. The Kier molecular flexibility index (Phi) is 3.33. The molecular formula is C13H18N2O2. The number of rotatable bonds is 4. The monoisotopic (exact) mass is 234 g/mol. The molecule has 1 aromatic heterocycles. The zero-order chi connectivity index (χ0) is 12.4. The van der Waals surface area contributed by atoms with Gasteiger partial charge in [0.05, 0.1) is 5.52 Å². The Morgan fingerprint density at radius 3 is 2.82 bits per heavy atom. The molecule has 0 aliphatic heterocycles. The molecule has 0 atom stereocenters. The number of benzene rings is 1. The fourth-order valence-electron chi connectivity index (χ4n) is 2.03. The predicted octanol–water partition coefficient (Wildman–Crippen LogP) is 2.07. The van der Waals surface area contributed by atoms with Crippen molar-refractivity contribution in [3.05, 3.63) is 34.3 Å². The topological polar surface area (TPSA) is 61.2 Å². The zero-order valence-corrected chi connectivity index (χ0v) is 10.3. The molecule has 0 fully saturated rings. The lowest BCUT2D eigenvalue weighted by atomic mass is 10.1. The summed E-state index contributed by atoms with van der Waals surface area (Å²) in [6.07, 6.45) is 1.89. The Bertz CT molecular complexity index is 566. The smallest absolute Gasteiger partial charge is 0.408 e. The van der Waals surface area contributed by atoms with Crippen LogP contribution in [0.5, 0.6) is 0 Å². The molecule has 0 saturated heterocycles. The average molecular weight is 234 g/mol. The zero-order valence-electron chi connectivity index (χ0n) is 10.3. The molecule has 4 heteroatoms. The lowest BCUT2D eigenvalue weighted by molar-refractivity contribution is 0.478. The van der Waals surface area contributed by atoms with Gasteiger partial charge in [0, 0.05) is 6.04 Å². The van der Waals surface area contributed by atoms with Crippen molar-refractivity contribution in [1.29, 1.82) is 0 Å². The van der Waals surface area contributed by atoms with Crippen LogP contribution in [0.1, 0.15) is 31.9 Å². The summed E-state index contributed by atoms with van der Waals surface area (Å²) in [6.45, 7) is 4.63. The Morgan fingerprint density at radius 1 is 1.41 bits per heavy atom. The van der Waals surface area contributed by atoms with Crippen LogP contribution in [0.4, 0.5) is 0 Å². The molecule has 2 aromatic rings. The molecule has 0 spiro atoms. The van der Waals surface area contributed by atoms with Gasteiger partial charge in [0.1, 0.15) is 0 Å². The Morgan fingerprint density at radius 2 is 2.18 bits per heavy atom. The minimum Gasteiger partial charge on any atom is -0.408 e. The third kappa shape index (κ3) is 2.26. The van der Waals surface area contributed by atoms with Gasteiger partial charge in [0.25, 0.3) is 0 Å². The predicted molar refractivity (Wildman–Crippen MR) is 68.2 cm³/mol. The third-order valence-electron chi connectivity index (χ3n) is 2.86. The molecule has 0 amide bonds. The van der Waals surface area contributed by atoms with Crippen LogP contribution < -0.4 is 11.5 Å². The molecule has 1 aromatic carbocycles. The van der Waals surface area contributed by atoms with Crippen molar-refractivity contribution in [3.63, 3.8) is 0 Å². The number of aryl methyl sites for hydroxylation is 1. The van der Waals surface area contributed by atoms with Crippen LogP contribution in [0.15, 0.2) is 27.4 Å². The van der Waals surface area contributed by atoms with E-state index in [1.165, 1.54) is 5.56 Å². The van der Waals surface area contributed by atoms with Gasteiger partial charge in [0.15, 0.2) is 5.58 Å². The van der Waals surface area contributed by atoms with E-state index in [0.29, 0.717) is 12.1 Å². The second-order valence-electron chi connectivity index (χ2n) is 4.53. The fourth-order valence-corrected chi connectivity index (χ4v) is 2.03. The molecule has 0 radical (unpaired) electrons. The first-order chi connectivity index (χ1) is 8.13. The van der Waals surface area contributed by atoms with Crippen LogP contribution in [0.2, 0.25) is 0 Å². The minimum atomic E-state index is -0.286. The highest BCUT2D eigenvalue weighted by atomic mass is 16.4. The second-order valence-corrected chi connectivity index (χ2v) is 4.53. The van der Waals surface area contributed by atoms with Crippen LogP contribution >= 0.6 is 0 Å². The highest BCUT2D eigenvalue weighted by molar-refractivity contribution is 5.74. The van der Waals surface area contributed by atoms with Crippen molar-refractivity contribution in [2.75, 3.05) is 6.54 Å². The summed E-state index contributed by atoms with van der Waals surface area (Å²) >= 11 is 0. The van der Waals surface area contributed by atoms with Crippen molar-refractivity contribution in [3.8, 4) is 0 Å². The number of nitrogens with zero attached hydrogens (tertiary/aromatic N) is 1. The summed E-state index contributed by atoms with van der Waals surface area (Å²) in [7, 11) is 0. The summed E-state index contributed by atoms with van der Waals surface area (Å²) in [5.41, 5.74) is 8.22. The van der Waals surface area contributed by atoms with Crippen LogP contribution in [0.3, 0.4) is 0 Å². The molecule has 92 valence electrons. The van der Waals surface area contributed by atoms with Gasteiger partial charge in [-0.15, -0.1) is 0 Å². The van der Waals surface area contributed by atoms with E-state index in [0.717, 1.165) is 18.4 Å². The molecule has 0 saturated carbocycles. The van der Waals surface area contributed by atoms with Crippen LogP contribution in [0.25, 0.3) is 11.1 Å². The Hall–Kier alpha value is -1.55. The van der Waals surface area contributed by atoms with E-state index in [4.69, 9.17) is 10.2 Å². The first kappa shape index (κ1) is 11.9. The van der Waals surface area contributed by atoms with Gasteiger partial charge in [-0.3, -0.25) is 4.57 Å². The average Bonchev–Trinajstić information content (AvgIpc) is 2.61. The quantitative estimate of drug-likeness (QED) is 0.880. The van der Waals surface area contributed by atoms with Gasteiger partial charge in [-0.25, -0.2) is 4.79 Å². The molecule has 2 N–H and O–H groups in total. The lowest BCUT2D eigenvalue weighted by Crippen LogP contribution is -2.16. The molecule has 2 rings (SSSR count). The number of fused-ring (bicyclic) bond motifs is 1. The van der Waals surface area contributed by atoms with E-state index in [-0.39, 0.29) is 11.8 Å². The summed E-state index contributed by atoms with van der Waals surface area (Å²) < 4.78 is 6.88. The molecule has 0 unspecified atom stereocenters. The van der Waals surface area contributed by atoms with E-state index in [1.54, 1.807) is 4.57 Å². The van der Waals surface area contributed by atoms with Crippen LogP contribution in [-0.2, 0) is 6.42 Å². The van der Waals surface area contributed by atoms with Gasteiger partial charge in [0.2, 0.25) is 0 Å². The number of hydrogen-bond donors (Lipinski definition) is 1. The van der Waals surface area contributed by atoms with Crippen LogP contribution in [-0.4, -0.2) is 11.1 Å². The minimum absolute atomic E-state index is 0.105. The van der Waals surface area contributed by atoms with Crippen LogP contribution in [0, 0.1) is 0 Å². The van der Waals surface area contributed by atoms with E-state index in [9.17, 15) is 4.79 Å². The van der Waals surface area contributed by atoms with Crippen molar-refractivity contribution in [2.45, 2.75) is 32.7 Å². The Balaban J connectivity index is 2.51. The first-order valence-electron chi connectivity index (χ1n) is 5.97. The van der Waals surface area contributed by atoms with Crippen molar-refractivity contribution < 1.29 is 4.42 Å². The van der Waals surface area contributed by atoms with Gasteiger partial charge >= 0.3 is 5.76 Å². The number of hydrogen-bond acceptors (Lipinski definition) is 3. The molecule has 17 heavy (non-hydrogen) atoms. The third-order valence-corrected chi connectivity index (χ3v) is 2.86. The molecule has 0 aliphatic rings. The number of oxazole rings is 1. The van der Waals surface area contributed by atoms with Gasteiger partial charge in [-0.2, -0.15) is 0 Å². The van der Waals surface area contributed by atoms with E-state index < -0.39 is 0 Å². The van der Waals surface area contributed by atoms with Gasteiger partial charge < -0.3 is 10.2 Å². The summed E-state index contributed by atoms with van der Waals surface area (Å²) in [5, 5.41) is 0. The Labute approximate surface area is 100 Å². The number of nitrogens with two attached hydrogens (primary N) is 1. The van der Waals surface area contributed by atoms with Crippen molar-refractivity contribution in [2.24, 2.45) is 5.73 Å². The van der Waals surface area contributed by atoms with Gasteiger partial charge in [-0.05, 0) is 50.9 Å². The van der Waals surface area contributed by atoms with E-state index in [1.807, 2.05) is 32.0 Å². The normalized spacial score (nSPS) is 11.5. The molecule has 4 nitrogen and oxygen atoms in total. The molecular weight excluding hydrogens is 216 g/mol. The fraction of sp³-hybridized carbons (Fsp3) is 0.462. The van der Waals surface area contributed by atoms with Gasteiger partial charge in [-0.1, -0.05) is 6.07 Å². The second kappa shape index (κ2) is 4.75. The van der Waals surface area contributed by atoms with Crippen molar-refractivity contribution >= 4 is 11.1 Å². The van der Waals surface area contributed by atoms with E-state index >= 15 is 0 Å². The molecule has 0 aliphatic carbocycles. The number of aromatic nitrogens is 1. The van der Waals surface area contributed by atoms with Crippen molar-refractivity contribution in [1.82, 2.24) is 4.57 Å². The summed E-state index contributed by atoms with van der Waals surface area (Å²) in [4.78, 5) is 11.7. The SMILES string of the molecule is CC(C)n1c(=O)oc2ccc(CCCN)cc21. The standard InChI is InChI=1S/C13H18N2O2/c1-9(2)15-11-8-10(4-3-7-14)5-6-12(11)17-13(15)16/h5-6,8-9H,3-4,7,14H2,1-2H3. The molecule has 0 bridgehead atoms. The summed E-state index contributed by atoms with van der Waals surface area (Å²) in [6, 6.07) is 5.98. The highest BCUT2D eigenvalue weighted by Gasteiger charge is 2.11. The first-order valence-corrected chi connectivity index (χ1v) is 5.97. The maximum absolute atomic E-state index is 11.7. The van der Waals surface area contributed by atoms with E-state index in [2.05, 4.69) is 0 Å².